The molecule has 1 aromatic rings. The van der Waals surface area contributed by atoms with Gasteiger partial charge in [-0.05, 0) is 24.8 Å². The second kappa shape index (κ2) is 6.73. The van der Waals surface area contributed by atoms with E-state index in [1.54, 1.807) is 6.07 Å². The Labute approximate surface area is 129 Å². The molecular formula is C17H20O5. The number of Topliss-reactive ketones (excluding diaryl/α,β-unsaturated/α-hetero) is 1. The molecule has 0 spiro atoms. The number of aryl methyl sites for hydroxylation is 1. The molecule has 118 valence electrons. The first kappa shape index (κ1) is 16.2. The lowest BCUT2D eigenvalue weighted by atomic mass is 9.66. The van der Waals surface area contributed by atoms with E-state index in [0.717, 1.165) is 5.56 Å². The van der Waals surface area contributed by atoms with Crippen LogP contribution < -0.4 is 0 Å². The Balaban J connectivity index is 2.31. The zero-order valence-electron chi connectivity index (χ0n) is 12.9. The number of carbonyl (C=O) groups is 3. The second-order valence-electron chi connectivity index (χ2n) is 5.60. The van der Waals surface area contributed by atoms with Crippen LogP contribution in [0.1, 0.15) is 41.6 Å². The fourth-order valence-electron chi connectivity index (χ4n) is 3.02. The van der Waals surface area contributed by atoms with Gasteiger partial charge in [0.25, 0.3) is 0 Å². The van der Waals surface area contributed by atoms with E-state index >= 15 is 0 Å². The summed E-state index contributed by atoms with van der Waals surface area (Å²) < 4.78 is 9.40. The first-order valence-corrected chi connectivity index (χ1v) is 7.29. The number of methoxy groups -OCH3 is 2. The molecule has 0 heterocycles. The highest BCUT2D eigenvalue weighted by atomic mass is 16.5. The number of carbonyl (C=O) groups excluding carboxylic acids is 3. The third kappa shape index (κ3) is 3.18. The van der Waals surface area contributed by atoms with Crippen LogP contribution >= 0.6 is 0 Å². The van der Waals surface area contributed by atoms with Gasteiger partial charge in [0.15, 0.2) is 5.78 Å². The normalized spacial score (nSPS) is 20.2. The number of ether oxygens (including phenoxy) is 2. The fraction of sp³-hybridized carbons (Fsp3) is 0.471. The van der Waals surface area contributed by atoms with Gasteiger partial charge in [-0.3, -0.25) is 14.4 Å². The van der Waals surface area contributed by atoms with Gasteiger partial charge in [-0.1, -0.05) is 24.3 Å². The molecule has 22 heavy (non-hydrogen) atoms. The maximum Gasteiger partial charge on any atom is 0.306 e. The van der Waals surface area contributed by atoms with E-state index < -0.39 is 11.4 Å². The van der Waals surface area contributed by atoms with Crippen LogP contribution in [0.4, 0.5) is 0 Å². The molecule has 0 aromatic heterocycles. The van der Waals surface area contributed by atoms with Crippen LogP contribution in [0.25, 0.3) is 0 Å². The number of esters is 2. The number of fused-ring (bicyclic) bond motifs is 1. The molecule has 1 aromatic carbocycles. The minimum absolute atomic E-state index is 0.00629. The molecule has 5 heteroatoms. The van der Waals surface area contributed by atoms with Crippen molar-refractivity contribution in [2.75, 3.05) is 14.2 Å². The fourth-order valence-corrected chi connectivity index (χ4v) is 3.02. The lowest BCUT2D eigenvalue weighted by molar-refractivity contribution is -0.145. The SMILES string of the molecule is COC(=O)CC[C@@]1(CC(=O)OC)CCc2ccccc2C1=O. The predicted octanol–water partition coefficient (Wildman–Crippen LogP) is 2.32. The summed E-state index contributed by atoms with van der Waals surface area (Å²) in [5, 5.41) is 0. The summed E-state index contributed by atoms with van der Waals surface area (Å²) in [4.78, 5) is 36.2. The highest BCUT2D eigenvalue weighted by Gasteiger charge is 2.44. The Morgan fingerprint density at radius 3 is 2.50 bits per heavy atom. The smallest absolute Gasteiger partial charge is 0.306 e. The minimum Gasteiger partial charge on any atom is -0.469 e. The average molecular weight is 304 g/mol. The van der Waals surface area contributed by atoms with Crippen molar-refractivity contribution in [3.05, 3.63) is 35.4 Å². The first-order valence-electron chi connectivity index (χ1n) is 7.29. The van der Waals surface area contributed by atoms with Gasteiger partial charge >= 0.3 is 11.9 Å². The van der Waals surface area contributed by atoms with Crippen molar-refractivity contribution in [2.24, 2.45) is 5.41 Å². The highest BCUT2D eigenvalue weighted by Crippen LogP contribution is 2.42. The van der Waals surface area contributed by atoms with E-state index in [1.165, 1.54) is 14.2 Å². The van der Waals surface area contributed by atoms with E-state index in [4.69, 9.17) is 4.74 Å². The molecule has 0 fully saturated rings. The van der Waals surface area contributed by atoms with Crippen molar-refractivity contribution in [1.29, 1.82) is 0 Å². The van der Waals surface area contributed by atoms with Crippen LogP contribution in [0.5, 0.6) is 0 Å². The number of ketones is 1. The Morgan fingerprint density at radius 1 is 1.14 bits per heavy atom. The van der Waals surface area contributed by atoms with Crippen molar-refractivity contribution < 1.29 is 23.9 Å². The Morgan fingerprint density at radius 2 is 1.82 bits per heavy atom. The van der Waals surface area contributed by atoms with Gasteiger partial charge in [-0.2, -0.15) is 0 Å². The van der Waals surface area contributed by atoms with Crippen LogP contribution in [0.2, 0.25) is 0 Å². The lowest BCUT2D eigenvalue weighted by Crippen LogP contribution is -2.39. The second-order valence-corrected chi connectivity index (χ2v) is 5.60. The van der Waals surface area contributed by atoms with Crippen LogP contribution in [0.3, 0.4) is 0 Å². The van der Waals surface area contributed by atoms with Gasteiger partial charge in [0, 0.05) is 17.4 Å². The minimum atomic E-state index is -0.879. The molecule has 1 atom stereocenters. The maximum absolute atomic E-state index is 12.9. The van der Waals surface area contributed by atoms with Gasteiger partial charge in [0.1, 0.15) is 0 Å². The molecule has 0 amide bonds. The van der Waals surface area contributed by atoms with Gasteiger partial charge in [0.05, 0.1) is 20.6 Å². The molecule has 0 N–H and O–H groups in total. The molecule has 0 bridgehead atoms. The van der Waals surface area contributed by atoms with E-state index in [0.29, 0.717) is 24.8 Å². The Bertz CT molecular complexity index is 592. The third-order valence-corrected chi connectivity index (χ3v) is 4.36. The Hall–Kier alpha value is -2.17. The topological polar surface area (TPSA) is 69.7 Å². The maximum atomic E-state index is 12.9. The summed E-state index contributed by atoms with van der Waals surface area (Å²) in [5.41, 5.74) is 0.754. The van der Waals surface area contributed by atoms with E-state index in [9.17, 15) is 14.4 Å². The van der Waals surface area contributed by atoms with E-state index in [2.05, 4.69) is 4.74 Å². The van der Waals surface area contributed by atoms with Crippen molar-refractivity contribution in [2.45, 2.75) is 32.1 Å². The Kier molecular flexibility index (Phi) is 4.96. The van der Waals surface area contributed by atoms with Gasteiger partial charge in [-0.15, -0.1) is 0 Å². The molecule has 5 nitrogen and oxygen atoms in total. The van der Waals surface area contributed by atoms with Crippen molar-refractivity contribution in [3.63, 3.8) is 0 Å². The van der Waals surface area contributed by atoms with Crippen molar-refractivity contribution >= 4 is 17.7 Å². The standard InChI is InChI=1S/C17H20O5/c1-21-14(18)8-10-17(11-15(19)22-2)9-7-12-5-3-4-6-13(12)16(17)20/h3-6H,7-11H2,1-2H3/t17-/m1/s1. The van der Waals surface area contributed by atoms with Gasteiger partial charge in [-0.25, -0.2) is 0 Å². The zero-order chi connectivity index (χ0) is 16.2. The van der Waals surface area contributed by atoms with Crippen LogP contribution in [-0.4, -0.2) is 31.9 Å². The van der Waals surface area contributed by atoms with E-state index in [-0.39, 0.29) is 24.6 Å². The number of hydrogen-bond acceptors (Lipinski definition) is 5. The molecule has 1 aliphatic rings. The third-order valence-electron chi connectivity index (χ3n) is 4.36. The average Bonchev–Trinajstić information content (AvgIpc) is 2.55. The molecule has 0 saturated heterocycles. The lowest BCUT2D eigenvalue weighted by Gasteiger charge is -2.35. The molecular weight excluding hydrogens is 284 g/mol. The first-order chi connectivity index (χ1) is 10.5. The van der Waals surface area contributed by atoms with Crippen LogP contribution in [0, 0.1) is 5.41 Å². The summed E-state index contributed by atoms with van der Waals surface area (Å²) in [6.07, 6.45) is 1.64. The van der Waals surface area contributed by atoms with Gasteiger partial charge < -0.3 is 9.47 Å². The largest absolute Gasteiger partial charge is 0.469 e. The molecule has 0 saturated carbocycles. The molecule has 0 radical (unpaired) electrons. The summed E-state index contributed by atoms with van der Waals surface area (Å²) in [6, 6.07) is 7.41. The van der Waals surface area contributed by atoms with Crippen molar-refractivity contribution in [3.8, 4) is 0 Å². The molecule has 0 unspecified atom stereocenters. The van der Waals surface area contributed by atoms with E-state index in [1.807, 2.05) is 18.2 Å². The summed E-state index contributed by atoms with van der Waals surface area (Å²) >= 11 is 0. The molecule has 2 rings (SSSR count). The molecule has 1 aliphatic carbocycles. The quantitative estimate of drug-likeness (QED) is 0.781. The monoisotopic (exact) mass is 304 g/mol. The number of benzene rings is 1. The van der Waals surface area contributed by atoms with Crippen LogP contribution in [-0.2, 0) is 25.5 Å². The van der Waals surface area contributed by atoms with Crippen LogP contribution in [0.15, 0.2) is 24.3 Å². The number of rotatable bonds is 5. The van der Waals surface area contributed by atoms with Gasteiger partial charge in [0.2, 0.25) is 0 Å². The summed E-state index contributed by atoms with van der Waals surface area (Å²) in [5.74, 6) is -0.892. The summed E-state index contributed by atoms with van der Waals surface area (Å²) in [6.45, 7) is 0. The summed E-state index contributed by atoms with van der Waals surface area (Å²) in [7, 11) is 2.62. The van der Waals surface area contributed by atoms with Crippen molar-refractivity contribution in [1.82, 2.24) is 0 Å². The zero-order valence-corrected chi connectivity index (χ0v) is 12.9. The highest BCUT2D eigenvalue weighted by molar-refractivity contribution is 6.04. The number of hydrogen-bond donors (Lipinski definition) is 0. The predicted molar refractivity (Wildman–Crippen MR) is 79.4 cm³/mol. The molecule has 0 aliphatic heterocycles.